The van der Waals surface area contributed by atoms with Crippen LogP contribution < -0.4 is 5.32 Å². The molecule has 18 heavy (non-hydrogen) atoms. The molecule has 0 radical (unpaired) electrons. The fraction of sp³-hybridized carbons (Fsp3) is 0.583. The molecule has 98 valence electrons. The van der Waals surface area contributed by atoms with Gasteiger partial charge in [0.25, 0.3) is 5.91 Å². The van der Waals surface area contributed by atoms with Crippen molar-refractivity contribution in [3.05, 3.63) is 17.5 Å². The molecule has 1 saturated carbocycles. The van der Waals surface area contributed by atoms with Crippen molar-refractivity contribution >= 4 is 11.9 Å². The Balaban J connectivity index is 2.03. The van der Waals surface area contributed by atoms with Crippen molar-refractivity contribution in [3.8, 4) is 0 Å². The zero-order chi connectivity index (χ0) is 13.3. The number of carboxylic acids is 1. The molecule has 0 spiro atoms. The van der Waals surface area contributed by atoms with E-state index in [0.29, 0.717) is 5.92 Å². The number of carbonyl (C=O) groups is 2. The van der Waals surface area contributed by atoms with Gasteiger partial charge in [-0.1, -0.05) is 19.0 Å². The monoisotopic (exact) mass is 252 g/mol. The Morgan fingerprint density at radius 1 is 1.50 bits per heavy atom. The molecular weight excluding hydrogens is 236 g/mol. The van der Waals surface area contributed by atoms with Crippen LogP contribution in [0, 0.1) is 5.92 Å². The largest absolute Gasteiger partial charge is 0.480 e. The Hall–Kier alpha value is -1.85. The normalized spacial score (nSPS) is 16.6. The molecule has 1 aliphatic rings. The number of nitrogens with one attached hydrogen (secondary N) is 1. The first-order chi connectivity index (χ1) is 8.49. The lowest BCUT2D eigenvalue weighted by molar-refractivity contribution is -0.140. The van der Waals surface area contributed by atoms with E-state index in [-0.39, 0.29) is 11.7 Å². The van der Waals surface area contributed by atoms with Crippen LogP contribution in [0.25, 0.3) is 0 Å². The molecule has 0 aromatic carbocycles. The Labute approximate surface area is 104 Å². The van der Waals surface area contributed by atoms with E-state index in [1.54, 1.807) is 19.9 Å². The summed E-state index contributed by atoms with van der Waals surface area (Å²) in [5, 5.41) is 15.2. The van der Waals surface area contributed by atoms with Gasteiger partial charge in [0.1, 0.15) is 6.04 Å². The van der Waals surface area contributed by atoms with Gasteiger partial charge in [0.15, 0.2) is 0 Å². The zero-order valence-corrected chi connectivity index (χ0v) is 10.3. The summed E-state index contributed by atoms with van der Waals surface area (Å²) in [6.07, 6.45) is 2.13. The lowest BCUT2D eigenvalue weighted by Gasteiger charge is -2.16. The molecule has 0 aliphatic heterocycles. The van der Waals surface area contributed by atoms with Gasteiger partial charge >= 0.3 is 5.97 Å². The van der Waals surface area contributed by atoms with E-state index in [2.05, 4.69) is 10.5 Å². The maximum absolute atomic E-state index is 11.8. The van der Waals surface area contributed by atoms with Gasteiger partial charge in [-0.3, -0.25) is 4.79 Å². The number of rotatable bonds is 5. The van der Waals surface area contributed by atoms with Crippen molar-refractivity contribution in [2.24, 2.45) is 5.92 Å². The van der Waals surface area contributed by atoms with E-state index in [4.69, 9.17) is 9.63 Å². The van der Waals surface area contributed by atoms with Crippen molar-refractivity contribution in [2.45, 2.75) is 38.6 Å². The highest BCUT2D eigenvalue weighted by atomic mass is 16.5. The predicted molar refractivity (Wildman–Crippen MR) is 62.2 cm³/mol. The van der Waals surface area contributed by atoms with E-state index in [1.165, 1.54) is 0 Å². The number of aromatic nitrogens is 1. The Bertz CT molecular complexity index is 462. The lowest BCUT2D eigenvalue weighted by Crippen LogP contribution is -2.44. The lowest BCUT2D eigenvalue weighted by atomic mass is 10.0. The number of aliphatic carboxylic acids is 1. The standard InChI is InChI=1S/C12H16N2O4/c1-6(2)10(12(16)17)13-11(15)9-5-8(14-18-9)7-3-4-7/h5-7,10H,3-4H2,1-2H3,(H,13,15)(H,16,17)/t10-/m0/s1. The topological polar surface area (TPSA) is 92.4 Å². The van der Waals surface area contributed by atoms with Crippen LogP contribution in [-0.4, -0.2) is 28.2 Å². The molecule has 1 heterocycles. The molecule has 1 aliphatic carbocycles. The SMILES string of the molecule is CC(C)[C@H](NC(=O)c1cc(C2CC2)no1)C(=O)O. The van der Waals surface area contributed by atoms with Gasteiger partial charge in [0.05, 0.1) is 5.69 Å². The molecule has 1 aromatic heterocycles. The summed E-state index contributed by atoms with van der Waals surface area (Å²) in [5.41, 5.74) is 0.775. The predicted octanol–water partition coefficient (Wildman–Crippen LogP) is 1.39. The zero-order valence-electron chi connectivity index (χ0n) is 10.3. The average molecular weight is 252 g/mol. The van der Waals surface area contributed by atoms with E-state index in [1.807, 2.05) is 0 Å². The minimum Gasteiger partial charge on any atom is -0.480 e. The molecule has 2 N–H and O–H groups in total. The summed E-state index contributed by atoms with van der Waals surface area (Å²) >= 11 is 0. The Kier molecular flexibility index (Phi) is 3.36. The van der Waals surface area contributed by atoms with E-state index >= 15 is 0 Å². The van der Waals surface area contributed by atoms with E-state index in [0.717, 1.165) is 18.5 Å². The first-order valence-corrected chi connectivity index (χ1v) is 5.99. The highest BCUT2D eigenvalue weighted by Gasteiger charge is 2.30. The van der Waals surface area contributed by atoms with Gasteiger partial charge in [-0.2, -0.15) is 0 Å². The van der Waals surface area contributed by atoms with Gasteiger partial charge in [-0.05, 0) is 18.8 Å². The van der Waals surface area contributed by atoms with Crippen LogP contribution >= 0.6 is 0 Å². The minimum atomic E-state index is -1.06. The van der Waals surface area contributed by atoms with Crippen LogP contribution in [0.5, 0.6) is 0 Å². The first-order valence-electron chi connectivity index (χ1n) is 5.99. The van der Waals surface area contributed by atoms with Crippen LogP contribution in [0.4, 0.5) is 0 Å². The number of carbonyl (C=O) groups excluding carboxylic acids is 1. The smallest absolute Gasteiger partial charge is 0.326 e. The fourth-order valence-corrected chi connectivity index (χ4v) is 1.69. The summed E-state index contributed by atoms with van der Waals surface area (Å²) in [4.78, 5) is 22.8. The number of nitrogens with zero attached hydrogens (tertiary/aromatic N) is 1. The molecule has 2 rings (SSSR count). The van der Waals surface area contributed by atoms with Crippen molar-refractivity contribution in [1.82, 2.24) is 10.5 Å². The molecule has 0 saturated heterocycles. The molecule has 0 unspecified atom stereocenters. The van der Waals surface area contributed by atoms with Crippen molar-refractivity contribution < 1.29 is 19.2 Å². The second-order valence-electron chi connectivity index (χ2n) is 4.92. The van der Waals surface area contributed by atoms with E-state index < -0.39 is 17.9 Å². The third-order valence-electron chi connectivity index (χ3n) is 2.97. The fourth-order valence-electron chi connectivity index (χ4n) is 1.69. The van der Waals surface area contributed by atoms with Crippen molar-refractivity contribution in [1.29, 1.82) is 0 Å². The number of amides is 1. The second-order valence-corrected chi connectivity index (χ2v) is 4.92. The van der Waals surface area contributed by atoms with Crippen LogP contribution in [-0.2, 0) is 4.79 Å². The second kappa shape index (κ2) is 4.80. The number of hydrogen-bond acceptors (Lipinski definition) is 4. The third-order valence-corrected chi connectivity index (χ3v) is 2.97. The highest BCUT2D eigenvalue weighted by Crippen LogP contribution is 2.39. The summed E-state index contributed by atoms with van der Waals surface area (Å²) in [5.74, 6) is -1.31. The highest BCUT2D eigenvalue weighted by molar-refractivity contribution is 5.94. The van der Waals surface area contributed by atoms with Gasteiger partial charge in [0.2, 0.25) is 5.76 Å². The number of hydrogen-bond donors (Lipinski definition) is 2. The van der Waals surface area contributed by atoms with Gasteiger partial charge < -0.3 is 14.9 Å². The summed E-state index contributed by atoms with van der Waals surface area (Å²) < 4.78 is 4.93. The summed E-state index contributed by atoms with van der Waals surface area (Å²) in [6, 6.07) is 0.665. The van der Waals surface area contributed by atoms with Crippen molar-refractivity contribution in [2.75, 3.05) is 0 Å². The maximum atomic E-state index is 11.8. The molecule has 1 fully saturated rings. The summed E-state index contributed by atoms with van der Waals surface area (Å²) in [7, 11) is 0. The summed E-state index contributed by atoms with van der Waals surface area (Å²) in [6.45, 7) is 3.46. The molecule has 6 nitrogen and oxygen atoms in total. The van der Waals surface area contributed by atoms with Gasteiger partial charge in [0, 0.05) is 12.0 Å². The Morgan fingerprint density at radius 2 is 2.17 bits per heavy atom. The molecule has 1 amide bonds. The quantitative estimate of drug-likeness (QED) is 0.826. The molecule has 1 aromatic rings. The first kappa shape index (κ1) is 12.6. The maximum Gasteiger partial charge on any atom is 0.326 e. The molecule has 0 bridgehead atoms. The molecule has 1 atom stereocenters. The van der Waals surface area contributed by atoms with Crippen LogP contribution in [0.2, 0.25) is 0 Å². The van der Waals surface area contributed by atoms with Gasteiger partial charge in [-0.15, -0.1) is 0 Å². The molecular formula is C12H16N2O4. The van der Waals surface area contributed by atoms with Gasteiger partial charge in [-0.25, -0.2) is 4.79 Å². The number of carboxylic acid groups (broad SMARTS) is 1. The van der Waals surface area contributed by atoms with Crippen LogP contribution in [0.3, 0.4) is 0 Å². The van der Waals surface area contributed by atoms with E-state index in [9.17, 15) is 9.59 Å². The average Bonchev–Trinajstić information content (AvgIpc) is 3.03. The molecule has 6 heteroatoms. The van der Waals surface area contributed by atoms with Crippen molar-refractivity contribution in [3.63, 3.8) is 0 Å². The third kappa shape index (κ3) is 2.69. The Morgan fingerprint density at radius 3 is 2.67 bits per heavy atom. The van der Waals surface area contributed by atoms with Crippen LogP contribution in [0.15, 0.2) is 10.6 Å². The minimum absolute atomic E-state index is 0.0730. The van der Waals surface area contributed by atoms with Crippen LogP contribution in [0.1, 0.15) is 48.9 Å².